The highest BCUT2D eigenvalue weighted by atomic mass is 16.1. The van der Waals surface area contributed by atoms with Gasteiger partial charge in [0.1, 0.15) is 0 Å². The van der Waals surface area contributed by atoms with Gasteiger partial charge in [0.2, 0.25) is 5.91 Å². The van der Waals surface area contributed by atoms with Gasteiger partial charge in [0.05, 0.1) is 5.41 Å². The van der Waals surface area contributed by atoms with Gasteiger partial charge < -0.3 is 11.5 Å². The SMILES string of the molecule is CC([CH]Cc1ccccc1)(CCN)C(N)=O. The van der Waals surface area contributed by atoms with Crippen molar-refractivity contribution < 1.29 is 4.79 Å². The summed E-state index contributed by atoms with van der Waals surface area (Å²) in [6.45, 7) is 2.30. The van der Waals surface area contributed by atoms with Crippen LogP contribution in [0.4, 0.5) is 0 Å². The number of rotatable bonds is 6. The first kappa shape index (κ1) is 12.7. The lowest BCUT2D eigenvalue weighted by molar-refractivity contribution is -0.125. The predicted molar refractivity (Wildman–Crippen MR) is 65.4 cm³/mol. The molecule has 3 heteroatoms. The van der Waals surface area contributed by atoms with Crippen LogP contribution in [0.2, 0.25) is 0 Å². The van der Waals surface area contributed by atoms with Gasteiger partial charge in [-0.15, -0.1) is 0 Å². The molecule has 1 amide bonds. The normalized spacial score (nSPS) is 14.4. The Morgan fingerprint density at radius 1 is 1.38 bits per heavy atom. The van der Waals surface area contributed by atoms with E-state index in [1.807, 2.05) is 43.7 Å². The van der Waals surface area contributed by atoms with Crippen LogP contribution < -0.4 is 11.5 Å². The van der Waals surface area contributed by atoms with Crippen LogP contribution in [-0.2, 0) is 11.2 Å². The van der Waals surface area contributed by atoms with E-state index in [9.17, 15) is 4.79 Å². The molecular weight excluding hydrogens is 200 g/mol. The number of amides is 1. The summed E-state index contributed by atoms with van der Waals surface area (Å²) in [6, 6.07) is 9.98. The summed E-state index contributed by atoms with van der Waals surface area (Å²) in [5.74, 6) is -0.311. The molecule has 16 heavy (non-hydrogen) atoms. The summed E-state index contributed by atoms with van der Waals surface area (Å²) in [5, 5.41) is 0. The minimum atomic E-state index is -0.607. The fraction of sp³-hybridized carbons (Fsp3) is 0.385. The molecule has 0 heterocycles. The second-order valence-electron chi connectivity index (χ2n) is 4.21. The first-order valence-electron chi connectivity index (χ1n) is 5.47. The number of hydrogen-bond donors (Lipinski definition) is 2. The first-order valence-corrected chi connectivity index (χ1v) is 5.47. The van der Waals surface area contributed by atoms with E-state index in [4.69, 9.17) is 11.5 Å². The highest BCUT2D eigenvalue weighted by Crippen LogP contribution is 2.25. The van der Waals surface area contributed by atoms with E-state index in [0.717, 1.165) is 6.42 Å². The average Bonchev–Trinajstić information content (AvgIpc) is 2.28. The zero-order chi connectivity index (χ0) is 12.0. The Morgan fingerprint density at radius 3 is 2.50 bits per heavy atom. The molecule has 0 aliphatic rings. The van der Waals surface area contributed by atoms with Gasteiger partial charge in [-0.25, -0.2) is 0 Å². The Morgan fingerprint density at radius 2 is 2.00 bits per heavy atom. The van der Waals surface area contributed by atoms with Crippen molar-refractivity contribution in [2.75, 3.05) is 6.54 Å². The summed E-state index contributed by atoms with van der Waals surface area (Å²) >= 11 is 0. The van der Waals surface area contributed by atoms with Crippen molar-refractivity contribution in [3.63, 3.8) is 0 Å². The molecule has 0 saturated heterocycles. The lowest BCUT2D eigenvalue weighted by atomic mass is 9.80. The van der Waals surface area contributed by atoms with Gasteiger partial charge in [-0.05, 0) is 31.4 Å². The van der Waals surface area contributed by atoms with Crippen molar-refractivity contribution in [2.45, 2.75) is 19.8 Å². The lowest BCUT2D eigenvalue weighted by Crippen LogP contribution is -2.37. The van der Waals surface area contributed by atoms with E-state index in [1.165, 1.54) is 5.56 Å². The van der Waals surface area contributed by atoms with E-state index in [0.29, 0.717) is 13.0 Å². The fourth-order valence-corrected chi connectivity index (χ4v) is 1.58. The standard InChI is InChI=1S/C13H19N2O/c1-13(9-10-14,12(15)16)8-7-11-5-3-2-4-6-11/h2-6,8H,7,9-10,14H2,1H3,(H2,15,16). The number of benzene rings is 1. The molecule has 0 bridgehead atoms. The quantitative estimate of drug-likeness (QED) is 0.756. The van der Waals surface area contributed by atoms with E-state index in [1.54, 1.807) is 0 Å². The summed E-state index contributed by atoms with van der Waals surface area (Å²) < 4.78 is 0. The lowest BCUT2D eigenvalue weighted by Gasteiger charge is -2.24. The van der Waals surface area contributed by atoms with Gasteiger partial charge in [0.25, 0.3) is 0 Å². The van der Waals surface area contributed by atoms with E-state index < -0.39 is 5.41 Å². The van der Waals surface area contributed by atoms with Crippen molar-refractivity contribution in [1.29, 1.82) is 0 Å². The topological polar surface area (TPSA) is 69.1 Å². The first-order chi connectivity index (χ1) is 7.58. The molecule has 0 fully saturated rings. The maximum absolute atomic E-state index is 11.4. The second-order valence-corrected chi connectivity index (χ2v) is 4.21. The molecule has 1 unspecified atom stereocenters. The third-order valence-electron chi connectivity index (χ3n) is 2.86. The summed E-state index contributed by atoms with van der Waals surface area (Å²) in [4.78, 5) is 11.4. The molecule has 1 aromatic rings. The monoisotopic (exact) mass is 219 g/mol. The summed E-state index contributed by atoms with van der Waals surface area (Å²) in [5.41, 5.74) is 11.5. The molecule has 0 aliphatic heterocycles. The minimum absolute atomic E-state index is 0.311. The molecule has 3 nitrogen and oxygen atoms in total. The van der Waals surface area contributed by atoms with Crippen LogP contribution in [-0.4, -0.2) is 12.5 Å². The third-order valence-corrected chi connectivity index (χ3v) is 2.86. The van der Waals surface area contributed by atoms with Crippen LogP contribution >= 0.6 is 0 Å². The van der Waals surface area contributed by atoms with Gasteiger partial charge in [-0.3, -0.25) is 4.79 Å². The summed E-state index contributed by atoms with van der Waals surface area (Å²) in [6.07, 6.45) is 3.28. The molecular formula is C13H19N2O. The average molecular weight is 219 g/mol. The molecule has 1 rings (SSSR count). The van der Waals surface area contributed by atoms with Gasteiger partial charge in [-0.2, -0.15) is 0 Å². The molecule has 1 aromatic carbocycles. The number of nitrogens with two attached hydrogens (primary N) is 2. The van der Waals surface area contributed by atoms with Crippen molar-refractivity contribution in [1.82, 2.24) is 0 Å². The molecule has 0 aromatic heterocycles. The van der Waals surface area contributed by atoms with E-state index in [2.05, 4.69) is 0 Å². The third kappa shape index (κ3) is 3.35. The van der Waals surface area contributed by atoms with E-state index >= 15 is 0 Å². The number of hydrogen-bond acceptors (Lipinski definition) is 2. The van der Waals surface area contributed by atoms with Crippen LogP contribution in [0.25, 0.3) is 0 Å². The smallest absolute Gasteiger partial charge is 0.223 e. The van der Waals surface area contributed by atoms with Gasteiger partial charge in [-0.1, -0.05) is 37.3 Å². The predicted octanol–water partition coefficient (Wildman–Crippen LogP) is 1.27. The minimum Gasteiger partial charge on any atom is -0.369 e. The van der Waals surface area contributed by atoms with Crippen LogP contribution in [0.15, 0.2) is 30.3 Å². The molecule has 0 aliphatic carbocycles. The zero-order valence-corrected chi connectivity index (χ0v) is 9.65. The highest BCUT2D eigenvalue weighted by Gasteiger charge is 2.29. The maximum Gasteiger partial charge on any atom is 0.223 e. The highest BCUT2D eigenvalue weighted by molar-refractivity contribution is 5.81. The van der Waals surface area contributed by atoms with Crippen LogP contribution in [0, 0.1) is 11.8 Å². The van der Waals surface area contributed by atoms with Crippen molar-refractivity contribution in [3.8, 4) is 0 Å². The van der Waals surface area contributed by atoms with Crippen molar-refractivity contribution in [3.05, 3.63) is 42.3 Å². The van der Waals surface area contributed by atoms with Gasteiger partial charge >= 0.3 is 0 Å². The zero-order valence-electron chi connectivity index (χ0n) is 9.65. The van der Waals surface area contributed by atoms with Crippen molar-refractivity contribution in [2.24, 2.45) is 16.9 Å². The molecule has 1 radical (unpaired) electrons. The van der Waals surface area contributed by atoms with Crippen LogP contribution in [0.5, 0.6) is 0 Å². The Kier molecular flexibility index (Phi) is 4.50. The maximum atomic E-state index is 11.4. The largest absolute Gasteiger partial charge is 0.369 e. The molecule has 1 atom stereocenters. The van der Waals surface area contributed by atoms with Crippen LogP contribution in [0.1, 0.15) is 18.9 Å². The van der Waals surface area contributed by atoms with E-state index in [-0.39, 0.29) is 5.91 Å². The van der Waals surface area contributed by atoms with Gasteiger partial charge in [0, 0.05) is 0 Å². The number of carbonyl (C=O) groups is 1. The molecule has 0 saturated carbocycles. The van der Waals surface area contributed by atoms with Gasteiger partial charge in [0.15, 0.2) is 0 Å². The Bertz CT molecular complexity index is 337. The Labute approximate surface area is 96.8 Å². The second kappa shape index (κ2) is 5.66. The summed E-state index contributed by atoms with van der Waals surface area (Å²) in [7, 11) is 0. The molecule has 4 N–H and O–H groups in total. The molecule has 0 spiro atoms. The number of carbonyl (C=O) groups excluding carboxylic acids is 1. The Balaban J connectivity index is 2.60. The van der Waals surface area contributed by atoms with Crippen molar-refractivity contribution >= 4 is 5.91 Å². The fourth-order valence-electron chi connectivity index (χ4n) is 1.58. The Hall–Kier alpha value is -1.35. The number of primary amides is 1. The molecule has 87 valence electrons. The van der Waals surface area contributed by atoms with Crippen LogP contribution in [0.3, 0.4) is 0 Å².